The Morgan fingerprint density at radius 1 is 0.170 bits per heavy atom. The van der Waals surface area contributed by atoms with Crippen molar-refractivity contribution < 1.29 is 4.57 Å². The molecule has 0 unspecified atom stereocenters. The van der Waals surface area contributed by atoms with Crippen LogP contribution in [0.25, 0.3) is 228 Å². The Morgan fingerprint density at radius 3 is 0.770 bits per heavy atom. The molecule has 0 atom stereocenters. The number of nitrogens with zero attached hydrogens (tertiary/aromatic N) is 7. The normalized spacial score (nSPS) is 11.6. The minimum atomic E-state index is -3.00. The predicted molar refractivity (Wildman–Crippen MR) is 572 cm³/mol. The van der Waals surface area contributed by atoms with Crippen molar-refractivity contribution in [3.8, 4) is 124 Å². The zero-order valence-corrected chi connectivity index (χ0v) is 76.1. The van der Waals surface area contributed by atoms with Gasteiger partial charge in [-0.25, -0.2) is 34.9 Å². The first kappa shape index (κ1) is 81.7. The van der Waals surface area contributed by atoms with E-state index in [4.69, 9.17) is 34.9 Å². The van der Waals surface area contributed by atoms with E-state index in [1.807, 2.05) is 149 Å². The number of rotatable bonds is 14. The van der Waals surface area contributed by atoms with E-state index < -0.39 is 7.14 Å². The van der Waals surface area contributed by atoms with Crippen LogP contribution in [0.3, 0.4) is 0 Å². The first-order valence-corrected chi connectivity index (χ1v) is 49.2. The third-order valence-corrected chi connectivity index (χ3v) is 32.0. The topological polar surface area (TPSA) is 107 Å². The molecule has 8 nitrogen and oxygen atoms in total. The zero-order chi connectivity index (χ0) is 89.7. The molecule has 8 heterocycles. The summed E-state index contributed by atoms with van der Waals surface area (Å²) < 4.78 is 22.2. The second-order valence-electron chi connectivity index (χ2n) is 33.5. The van der Waals surface area contributed by atoms with Crippen molar-refractivity contribution in [2.75, 3.05) is 0 Å². The fraction of sp³-hybridized carbons (Fsp3) is 0. The van der Waals surface area contributed by atoms with E-state index in [0.29, 0.717) is 11.6 Å². The van der Waals surface area contributed by atoms with E-state index >= 15 is 0 Å². The van der Waals surface area contributed by atoms with Crippen molar-refractivity contribution >= 4 is 161 Å². The van der Waals surface area contributed by atoms with Gasteiger partial charge in [0.25, 0.3) is 0 Å². The van der Waals surface area contributed by atoms with Crippen molar-refractivity contribution in [2.24, 2.45) is 0 Å². The van der Waals surface area contributed by atoms with Crippen LogP contribution in [0.5, 0.6) is 0 Å². The molecule has 8 aromatic heterocycles. The number of thiophene rings is 3. The van der Waals surface area contributed by atoms with E-state index in [0.717, 1.165) is 133 Å². The summed E-state index contributed by atoms with van der Waals surface area (Å²) in [7, 11) is -3.00. The smallest absolute Gasteiger partial charge is 0.171 e. The van der Waals surface area contributed by atoms with Gasteiger partial charge in [0, 0.05) is 128 Å². The molecule has 0 saturated carbocycles. The lowest BCUT2D eigenvalue weighted by Gasteiger charge is -2.20. The Bertz CT molecular complexity index is 8980. The fourth-order valence-electron chi connectivity index (χ4n) is 18.7. The average Bonchev–Trinajstić information content (AvgIpc) is 1.63. The molecule has 0 bridgehead atoms. The van der Waals surface area contributed by atoms with Gasteiger partial charge in [0.1, 0.15) is 0 Å². The van der Waals surface area contributed by atoms with Crippen molar-refractivity contribution in [1.82, 2.24) is 34.9 Å². The van der Waals surface area contributed by atoms with Crippen LogP contribution in [0.15, 0.2) is 473 Å². The van der Waals surface area contributed by atoms with Gasteiger partial charge in [-0.3, -0.25) is 0 Å². The van der Waals surface area contributed by atoms with Crippen LogP contribution >= 0.6 is 41.2 Å². The van der Waals surface area contributed by atoms with Gasteiger partial charge in [0.2, 0.25) is 0 Å². The molecule has 0 spiro atoms. The third kappa shape index (κ3) is 15.5. The SMILES string of the molecule is O=P(c1ccccc1)(c1ccccc1)c1ccc(-c2ccc(-c3nc4ccccc4c4c3sc3ccccc34)cc2)cc1.c1ccc(-c2ccc(-c3cc(-c4ccc(-c5nc6ccccc6c6c5sc5ccccc56)cc4)nc(-c4ccccc4)n3)cc2)cc1.c1ccc(-c2ccc(-c3nc(-c4ccc(-c5nc6ccccc6c6c5sc5ccccc56)cc4)nc4ccccc34)cc2)cc1. The number of pyridine rings is 3. The number of para-hydroxylation sites is 4. The van der Waals surface area contributed by atoms with Gasteiger partial charge in [0.05, 0.1) is 70.3 Å². The second kappa shape index (κ2) is 35.3. The van der Waals surface area contributed by atoms with Gasteiger partial charge < -0.3 is 4.57 Å². The maximum absolute atomic E-state index is 14.7. The molecule has 135 heavy (non-hydrogen) atoms. The molecule has 18 aromatic carbocycles. The van der Waals surface area contributed by atoms with Crippen LogP contribution in [-0.2, 0) is 4.57 Å². The molecule has 26 aromatic rings. The lowest BCUT2D eigenvalue weighted by atomic mass is 10.0. The molecule has 0 fully saturated rings. The van der Waals surface area contributed by atoms with Crippen LogP contribution < -0.4 is 15.9 Å². The average molecular weight is 1800 g/mol. The molecule has 0 N–H and O–H groups in total. The van der Waals surface area contributed by atoms with E-state index in [2.05, 4.69) is 358 Å². The summed E-state index contributed by atoms with van der Waals surface area (Å²) in [4.78, 5) is 35.7. The molecule has 0 aliphatic rings. The first-order valence-electron chi connectivity index (χ1n) is 45.1. The van der Waals surface area contributed by atoms with E-state index in [9.17, 15) is 4.57 Å². The van der Waals surface area contributed by atoms with E-state index in [1.165, 1.54) is 98.9 Å². The predicted octanol–water partition coefficient (Wildman–Crippen LogP) is 32.5. The Hall–Kier alpha value is -16.5. The molecular formula is C123H78N7OPS3. The maximum atomic E-state index is 14.7. The summed E-state index contributed by atoms with van der Waals surface area (Å²) in [6.45, 7) is 0. The minimum absolute atomic E-state index is 0.706. The third-order valence-electron chi connectivity index (χ3n) is 25.4. The number of hydrogen-bond donors (Lipinski definition) is 0. The van der Waals surface area contributed by atoms with Crippen molar-refractivity contribution in [1.29, 1.82) is 0 Å². The molecule has 0 saturated heterocycles. The monoisotopic (exact) mass is 1800 g/mol. The summed E-state index contributed by atoms with van der Waals surface area (Å²) in [6.07, 6.45) is 0. The van der Waals surface area contributed by atoms with Crippen LogP contribution in [0, 0.1) is 0 Å². The highest BCUT2D eigenvalue weighted by atomic mass is 32.1. The number of aromatic nitrogens is 7. The van der Waals surface area contributed by atoms with Crippen LogP contribution in [0.2, 0.25) is 0 Å². The summed E-state index contributed by atoms with van der Waals surface area (Å²) in [6, 6.07) is 164. The number of benzene rings is 18. The Kier molecular flexibility index (Phi) is 21.4. The molecule has 12 heteroatoms. The largest absolute Gasteiger partial charge is 0.309 e. The van der Waals surface area contributed by atoms with Crippen LogP contribution in [-0.4, -0.2) is 34.9 Å². The second-order valence-corrected chi connectivity index (χ2v) is 39.5. The summed E-state index contributed by atoms with van der Waals surface area (Å²) in [5.74, 6) is 1.42. The van der Waals surface area contributed by atoms with Crippen LogP contribution in [0.4, 0.5) is 0 Å². The maximum Gasteiger partial charge on any atom is 0.171 e. The van der Waals surface area contributed by atoms with Crippen molar-refractivity contribution in [2.45, 2.75) is 0 Å². The van der Waals surface area contributed by atoms with Gasteiger partial charge in [-0.1, -0.05) is 425 Å². The number of fused-ring (bicyclic) bond motifs is 16. The highest BCUT2D eigenvalue weighted by Crippen LogP contribution is 2.49. The molecule has 634 valence electrons. The van der Waals surface area contributed by atoms with Gasteiger partial charge in [0.15, 0.2) is 18.8 Å². The summed E-state index contributed by atoms with van der Waals surface area (Å²) >= 11 is 5.44. The standard InChI is InChI=1S/C43H27N3S.C41H25N3S.C39H26NOPS/c1-3-11-28(12-4-1)29-19-21-30(22-20-29)37-27-38(46-43(45-37)33-13-5-2-6-14-33)31-23-25-32(26-24-31)41-42-40(34-15-7-9-17-36(34)44-41)35-16-8-10-18-39(35)47-42;1-2-10-26(11-3-1)27-18-20-28(21-19-27)38-32-13-5-8-16-35(32)43-41(44-38)30-24-22-29(23-25-30)39-40-37(31-12-4-7-15-34(31)42-39)33-14-6-9-17-36(33)45-40;41-42(30-11-3-1-4-12-30,31-13-5-2-6-14-31)32-25-23-28(24-26-32)27-19-21-29(22-20-27)38-39-37(33-15-7-9-17-35(33)40-38)34-16-8-10-18-36(34)43-39/h1-27H;1-25H;1-26H. The highest BCUT2D eigenvalue weighted by Gasteiger charge is 2.30. The molecule has 26 rings (SSSR count). The van der Waals surface area contributed by atoms with Crippen LogP contribution in [0.1, 0.15) is 0 Å². The van der Waals surface area contributed by atoms with E-state index in [-0.39, 0.29) is 0 Å². The van der Waals surface area contributed by atoms with Crippen molar-refractivity contribution in [3.63, 3.8) is 0 Å². The van der Waals surface area contributed by atoms with Gasteiger partial charge in [-0.15, -0.1) is 34.0 Å². The quantitative estimate of drug-likeness (QED) is 0.0991. The summed E-state index contributed by atoms with van der Waals surface area (Å²) in [5.41, 5.74) is 25.0. The lowest BCUT2D eigenvalue weighted by molar-refractivity contribution is 0.592. The Balaban J connectivity index is 0.000000111. The van der Waals surface area contributed by atoms with Gasteiger partial charge in [-0.2, -0.15) is 0 Å². The number of hydrogen-bond acceptors (Lipinski definition) is 11. The first-order chi connectivity index (χ1) is 66.8. The zero-order valence-electron chi connectivity index (χ0n) is 72.7. The fourth-order valence-corrected chi connectivity index (χ4v) is 25.0. The van der Waals surface area contributed by atoms with E-state index in [1.54, 1.807) is 0 Å². The van der Waals surface area contributed by atoms with Crippen molar-refractivity contribution in [3.05, 3.63) is 473 Å². The Morgan fingerprint density at radius 2 is 0.407 bits per heavy atom. The molecule has 0 aliphatic carbocycles. The summed E-state index contributed by atoms with van der Waals surface area (Å²) in [5, 5.41) is 14.8. The van der Waals surface area contributed by atoms with Gasteiger partial charge >= 0.3 is 0 Å². The lowest BCUT2D eigenvalue weighted by Crippen LogP contribution is -2.24. The highest BCUT2D eigenvalue weighted by molar-refractivity contribution is 7.85. The molecular weight excluding hydrogens is 1720 g/mol. The Labute approximate surface area is 791 Å². The minimum Gasteiger partial charge on any atom is -0.309 e. The molecule has 0 amide bonds. The molecule has 0 aliphatic heterocycles. The van der Waals surface area contributed by atoms with Gasteiger partial charge in [-0.05, 0) is 81.9 Å². The molecule has 0 radical (unpaired) electrons.